The van der Waals surface area contributed by atoms with Crippen LogP contribution < -0.4 is 10.1 Å². The zero-order valence-corrected chi connectivity index (χ0v) is 12.6. The Morgan fingerprint density at radius 1 is 1.45 bits per heavy atom. The summed E-state index contributed by atoms with van der Waals surface area (Å²) >= 11 is 0. The van der Waals surface area contributed by atoms with E-state index in [4.69, 9.17) is 4.74 Å². The second-order valence-electron chi connectivity index (χ2n) is 5.43. The molecule has 1 aromatic rings. The Morgan fingerprint density at radius 3 is 2.85 bits per heavy atom. The molecule has 1 amide bonds. The van der Waals surface area contributed by atoms with E-state index in [2.05, 4.69) is 12.2 Å². The first kappa shape index (κ1) is 14.9. The van der Waals surface area contributed by atoms with Crippen molar-refractivity contribution >= 4 is 5.91 Å². The molecule has 0 aromatic heterocycles. The Morgan fingerprint density at radius 2 is 2.20 bits per heavy atom. The van der Waals surface area contributed by atoms with Gasteiger partial charge in [-0.05, 0) is 31.9 Å². The zero-order valence-electron chi connectivity index (χ0n) is 12.6. The largest absolute Gasteiger partial charge is 0.494 e. The van der Waals surface area contributed by atoms with Crippen LogP contribution in [-0.2, 0) is 11.3 Å². The van der Waals surface area contributed by atoms with Gasteiger partial charge in [0.05, 0.1) is 12.6 Å². The normalized spacial score (nSPS) is 21.8. The van der Waals surface area contributed by atoms with Gasteiger partial charge in [-0.1, -0.05) is 25.1 Å². The SMILES string of the molecule is CCOc1ccccc1CN(C)C(=O)C1NCCC1C. The molecular formula is C16H24N2O2. The summed E-state index contributed by atoms with van der Waals surface area (Å²) in [5, 5.41) is 3.29. The van der Waals surface area contributed by atoms with Crippen LogP contribution >= 0.6 is 0 Å². The Bertz CT molecular complexity index is 462. The van der Waals surface area contributed by atoms with Crippen LogP contribution in [0.1, 0.15) is 25.8 Å². The van der Waals surface area contributed by atoms with E-state index in [9.17, 15) is 4.79 Å². The average molecular weight is 276 g/mol. The molecule has 110 valence electrons. The molecule has 4 heteroatoms. The van der Waals surface area contributed by atoms with Gasteiger partial charge in [0.2, 0.25) is 5.91 Å². The highest BCUT2D eigenvalue weighted by atomic mass is 16.5. The van der Waals surface area contributed by atoms with Crippen molar-refractivity contribution < 1.29 is 9.53 Å². The molecule has 0 aliphatic carbocycles. The van der Waals surface area contributed by atoms with E-state index in [-0.39, 0.29) is 11.9 Å². The Balaban J connectivity index is 2.03. The number of rotatable bonds is 5. The highest BCUT2D eigenvalue weighted by molar-refractivity contribution is 5.82. The summed E-state index contributed by atoms with van der Waals surface area (Å²) in [6.45, 7) is 6.25. The summed E-state index contributed by atoms with van der Waals surface area (Å²) < 4.78 is 5.61. The second-order valence-corrected chi connectivity index (χ2v) is 5.43. The molecule has 1 heterocycles. The maximum atomic E-state index is 12.5. The summed E-state index contributed by atoms with van der Waals surface area (Å²) in [5.74, 6) is 1.44. The van der Waals surface area contributed by atoms with E-state index in [1.165, 1.54) is 0 Å². The number of likely N-dealkylation sites (N-methyl/N-ethyl adjacent to an activating group) is 1. The van der Waals surface area contributed by atoms with E-state index in [1.807, 2.05) is 38.2 Å². The van der Waals surface area contributed by atoms with E-state index < -0.39 is 0 Å². The van der Waals surface area contributed by atoms with Crippen LogP contribution in [0, 0.1) is 5.92 Å². The number of carbonyl (C=O) groups excluding carboxylic acids is 1. The molecule has 1 aromatic carbocycles. The minimum atomic E-state index is -0.0424. The van der Waals surface area contributed by atoms with Crippen LogP contribution in [0.15, 0.2) is 24.3 Å². The summed E-state index contributed by atoms with van der Waals surface area (Å²) in [4.78, 5) is 14.2. The lowest BCUT2D eigenvalue weighted by molar-refractivity contribution is -0.133. The molecule has 2 atom stereocenters. The molecule has 1 fully saturated rings. The highest BCUT2D eigenvalue weighted by Gasteiger charge is 2.31. The minimum absolute atomic E-state index is 0.0424. The molecule has 1 N–H and O–H groups in total. The van der Waals surface area contributed by atoms with Gasteiger partial charge in [-0.15, -0.1) is 0 Å². The number of hydrogen-bond acceptors (Lipinski definition) is 3. The average Bonchev–Trinajstić information content (AvgIpc) is 2.86. The van der Waals surface area contributed by atoms with Gasteiger partial charge >= 0.3 is 0 Å². The lowest BCUT2D eigenvalue weighted by Crippen LogP contribution is -2.43. The standard InChI is InChI=1S/C16H24N2O2/c1-4-20-14-8-6-5-7-13(14)11-18(3)16(19)15-12(2)9-10-17-15/h5-8,12,15,17H,4,9-11H2,1-3H3. The third-order valence-electron chi connectivity index (χ3n) is 3.86. The number of carbonyl (C=O) groups is 1. The Hall–Kier alpha value is -1.55. The van der Waals surface area contributed by atoms with Gasteiger partial charge in [0.25, 0.3) is 0 Å². The lowest BCUT2D eigenvalue weighted by atomic mass is 10.0. The maximum absolute atomic E-state index is 12.5. The molecule has 2 rings (SSSR count). The van der Waals surface area contributed by atoms with Gasteiger partial charge in [-0.3, -0.25) is 4.79 Å². The van der Waals surface area contributed by atoms with Crippen molar-refractivity contribution in [3.63, 3.8) is 0 Å². The Kier molecular flexibility index (Phi) is 5.01. The fourth-order valence-corrected chi connectivity index (χ4v) is 2.67. The number of nitrogens with one attached hydrogen (secondary N) is 1. The quantitative estimate of drug-likeness (QED) is 0.895. The minimum Gasteiger partial charge on any atom is -0.494 e. The molecule has 1 aliphatic rings. The van der Waals surface area contributed by atoms with E-state index in [0.717, 1.165) is 24.3 Å². The first-order valence-electron chi connectivity index (χ1n) is 7.32. The van der Waals surface area contributed by atoms with Crippen LogP contribution in [0.3, 0.4) is 0 Å². The van der Waals surface area contributed by atoms with Crippen molar-refractivity contribution in [1.82, 2.24) is 10.2 Å². The molecule has 1 aliphatic heterocycles. The van der Waals surface area contributed by atoms with Crippen molar-refractivity contribution in [2.24, 2.45) is 5.92 Å². The van der Waals surface area contributed by atoms with E-state index >= 15 is 0 Å². The maximum Gasteiger partial charge on any atom is 0.240 e. The fraction of sp³-hybridized carbons (Fsp3) is 0.562. The van der Waals surface area contributed by atoms with Gasteiger partial charge in [0.15, 0.2) is 0 Å². The molecule has 1 saturated heterocycles. The second kappa shape index (κ2) is 6.75. The smallest absolute Gasteiger partial charge is 0.240 e. The third kappa shape index (κ3) is 3.31. The summed E-state index contributed by atoms with van der Waals surface area (Å²) in [7, 11) is 1.86. The van der Waals surface area contributed by atoms with Crippen LogP contribution in [0.5, 0.6) is 5.75 Å². The predicted molar refractivity (Wildman–Crippen MR) is 79.7 cm³/mol. The first-order chi connectivity index (χ1) is 9.63. The van der Waals surface area contributed by atoms with Gasteiger partial charge in [0, 0.05) is 19.2 Å². The predicted octanol–water partition coefficient (Wildman–Crippen LogP) is 2.04. The summed E-state index contributed by atoms with van der Waals surface area (Å²) in [6.07, 6.45) is 1.07. The topological polar surface area (TPSA) is 41.6 Å². The van der Waals surface area contributed by atoms with Crippen LogP contribution in [0.2, 0.25) is 0 Å². The number of nitrogens with zero attached hydrogens (tertiary/aromatic N) is 1. The molecule has 4 nitrogen and oxygen atoms in total. The fourth-order valence-electron chi connectivity index (χ4n) is 2.67. The third-order valence-corrected chi connectivity index (χ3v) is 3.86. The molecule has 0 saturated carbocycles. The van der Waals surface area contributed by atoms with Crippen molar-refractivity contribution in [2.75, 3.05) is 20.2 Å². The van der Waals surface area contributed by atoms with Crippen LogP contribution in [-0.4, -0.2) is 37.0 Å². The molecule has 20 heavy (non-hydrogen) atoms. The molecule has 0 spiro atoms. The number of ether oxygens (including phenoxy) is 1. The number of amides is 1. The van der Waals surface area contributed by atoms with Gasteiger partial charge in [-0.2, -0.15) is 0 Å². The molecule has 0 radical (unpaired) electrons. The summed E-state index contributed by atoms with van der Waals surface area (Å²) in [6, 6.07) is 7.86. The molecule has 0 bridgehead atoms. The van der Waals surface area contributed by atoms with E-state index in [0.29, 0.717) is 19.1 Å². The summed E-state index contributed by atoms with van der Waals surface area (Å²) in [5.41, 5.74) is 1.05. The van der Waals surface area contributed by atoms with Gasteiger partial charge < -0.3 is 15.0 Å². The lowest BCUT2D eigenvalue weighted by Gasteiger charge is -2.24. The Labute approximate surface area is 121 Å². The van der Waals surface area contributed by atoms with Crippen LogP contribution in [0.4, 0.5) is 0 Å². The molecule has 2 unspecified atom stereocenters. The van der Waals surface area contributed by atoms with Crippen molar-refractivity contribution in [1.29, 1.82) is 0 Å². The van der Waals surface area contributed by atoms with Crippen molar-refractivity contribution in [3.05, 3.63) is 29.8 Å². The van der Waals surface area contributed by atoms with Crippen molar-refractivity contribution in [2.45, 2.75) is 32.9 Å². The zero-order chi connectivity index (χ0) is 14.5. The number of benzene rings is 1. The van der Waals surface area contributed by atoms with Crippen molar-refractivity contribution in [3.8, 4) is 5.75 Å². The number of para-hydroxylation sites is 1. The first-order valence-corrected chi connectivity index (χ1v) is 7.32. The van der Waals surface area contributed by atoms with E-state index in [1.54, 1.807) is 4.90 Å². The monoisotopic (exact) mass is 276 g/mol. The number of hydrogen-bond donors (Lipinski definition) is 1. The highest BCUT2D eigenvalue weighted by Crippen LogP contribution is 2.21. The van der Waals surface area contributed by atoms with Gasteiger partial charge in [0.1, 0.15) is 5.75 Å². The molecular weight excluding hydrogens is 252 g/mol. The van der Waals surface area contributed by atoms with Crippen LogP contribution in [0.25, 0.3) is 0 Å². The van der Waals surface area contributed by atoms with Gasteiger partial charge in [-0.25, -0.2) is 0 Å².